The number of hydrogen-bond acceptors (Lipinski definition) is 6. The largest absolute Gasteiger partial charge is 0.508 e. The average molecular weight is 475 g/mol. The van der Waals surface area contributed by atoms with Crippen LogP contribution >= 0.6 is 0 Å². The number of halogens is 4. The SMILES string of the molecule is CN(C)C(CN)Cc1cc(F)c(O)cc1F.CNCC(Cc1c(F)cc(O)cc1F)N(C)C. The third-order valence-corrected chi connectivity index (χ3v) is 5.31. The lowest BCUT2D eigenvalue weighted by molar-refractivity contribution is 0.281. The van der Waals surface area contributed by atoms with Gasteiger partial charge in [0, 0.05) is 48.9 Å². The summed E-state index contributed by atoms with van der Waals surface area (Å²) >= 11 is 0. The molecule has 0 aliphatic heterocycles. The molecule has 0 heterocycles. The number of rotatable bonds is 9. The van der Waals surface area contributed by atoms with Crippen LogP contribution in [0.3, 0.4) is 0 Å². The van der Waals surface area contributed by atoms with E-state index in [2.05, 4.69) is 5.32 Å². The Morgan fingerprint density at radius 1 is 0.818 bits per heavy atom. The summed E-state index contributed by atoms with van der Waals surface area (Å²) in [6.45, 7) is 0.988. The Balaban J connectivity index is 0.000000331. The third-order valence-electron chi connectivity index (χ3n) is 5.31. The highest BCUT2D eigenvalue weighted by molar-refractivity contribution is 5.31. The van der Waals surface area contributed by atoms with Gasteiger partial charge in [0.15, 0.2) is 11.6 Å². The van der Waals surface area contributed by atoms with E-state index in [0.29, 0.717) is 19.5 Å². The molecular weight excluding hydrogens is 440 g/mol. The number of phenols is 2. The Labute approximate surface area is 192 Å². The van der Waals surface area contributed by atoms with E-state index in [-0.39, 0.29) is 29.6 Å². The predicted octanol–water partition coefficient (Wildman–Crippen LogP) is 2.46. The average Bonchev–Trinajstić information content (AvgIpc) is 2.71. The second-order valence-corrected chi connectivity index (χ2v) is 8.22. The highest BCUT2D eigenvalue weighted by Gasteiger charge is 2.18. The minimum absolute atomic E-state index is 0.00598. The number of aromatic hydroxyl groups is 2. The first-order chi connectivity index (χ1) is 15.4. The predicted molar refractivity (Wildman–Crippen MR) is 121 cm³/mol. The standard InChI is InChI=1S/C12H18F2N2O.C11H16F2N2O/c1-15-7-8(16(2)3)4-10-11(13)5-9(17)6-12(10)14;1-15(2)8(6-14)3-7-4-10(13)11(16)5-9(7)12/h5-6,8,15,17H,4,7H2,1-3H3;4-5,8,16H,3,6,14H2,1-2H3. The summed E-state index contributed by atoms with van der Waals surface area (Å²) in [5, 5.41) is 21.0. The maximum Gasteiger partial charge on any atom is 0.165 e. The number of likely N-dealkylation sites (N-methyl/N-ethyl adjacent to an activating group) is 3. The molecule has 0 radical (unpaired) electrons. The third kappa shape index (κ3) is 8.81. The van der Waals surface area contributed by atoms with Crippen molar-refractivity contribution >= 4 is 0 Å². The van der Waals surface area contributed by atoms with Gasteiger partial charge >= 0.3 is 0 Å². The second kappa shape index (κ2) is 13.3. The molecule has 2 aromatic rings. The van der Waals surface area contributed by atoms with Gasteiger partial charge < -0.3 is 31.1 Å². The van der Waals surface area contributed by atoms with Gasteiger partial charge in [0.25, 0.3) is 0 Å². The van der Waals surface area contributed by atoms with Crippen molar-refractivity contribution in [3.05, 3.63) is 58.7 Å². The van der Waals surface area contributed by atoms with Gasteiger partial charge in [-0.3, -0.25) is 0 Å². The van der Waals surface area contributed by atoms with Gasteiger partial charge in [-0.15, -0.1) is 0 Å². The number of nitrogens with two attached hydrogens (primary N) is 1. The van der Waals surface area contributed by atoms with Crippen molar-refractivity contribution in [2.45, 2.75) is 24.9 Å². The van der Waals surface area contributed by atoms with Gasteiger partial charge in [-0.2, -0.15) is 0 Å². The summed E-state index contributed by atoms with van der Waals surface area (Å²) in [5.74, 6) is -3.89. The lowest BCUT2D eigenvalue weighted by Crippen LogP contribution is -2.38. The molecule has 0 spiro atoms. The van der Waals surface area contributed by atoms with Gasteiger partial charge in [0.05, 0.1) is 0 Å². The van der Waals surface area contributed by atoms with Crippen LogP contribution < -0.4 is 11.1 Å². The molecule has 0 amide bonds. The fraction of sp³-hybridized carbons (Fsp3) is 0.478. The molecule has 0 saturated heterocycles. The molecule has 186 valence electrons. The summed E-state index contributed by atoms with van der Waals surface area (Å²) in [6, 6.07) is 3.60. The van der Waals surface area contributed by atoms with Gasteiger partial charge in [0.1, 0.15) is 23.2 Å². The van der Waals surface area contributed by atoms with E-state index >= 15 is 0 Å². The van der Waals surface area contributed by atoms with E-state index in [4.69, 9.17) is 15.9 Å². The summed E-state index contributed by atoms with van der Waals surface area (Å²) in [6.07, 6.45) is 0.568. The first kappa shape index (κ1) is 28.6. The summed E-state index contributed by atoms with van der Waals surface area (Å²) in [5.41, 5.74) is 5.76. The Morgan fingerprint density at radius 2 is 1.36 bits per heavy atom. The molecule has 0 fully saturated rings. The molecule has 5 N–H and O–H groups in total. The maximum atomic E-state index is 13.5. The molecule has 2 atom stereocenters. The Bertz CT molecular complexity index is 874. The van der Waals surface area contributed by atoms with E-state index in [9.17, 15) is 17.6 Å². The van der Waals surface area contributed by atoms with E-state index in [1.165, 1.54) is 0 Å². The highest BCUT2D eigenvalue weighted by atomic mass is 19.1. The van der Waals surface area contributed by atoms with Crippen LogP contribution in [0.5, 0.6) is 11.5 Å². The van der Waals surface area contributed by atoms with Gasteiger partial charge in [0.2, 0.25) is 0 Å². The van der Waals surface area contributed by atoms with Crippen LogP contribution in [0.15, 0.2) is 24.3 Å². The normalized spacial score (nSPS) is 13.1. The molecule has 2 rings (SSSR count). The van der Waals surface area contributed by atoms with Gasteiger partial charge in [-0.05, 0) is 59.7 Å². The number of nitrogens with zero attached hydrogens (tertiary/aromatic N) is 2. The Kier molecular flexibility index (Phi) is 11.6. The van der Waals surface area contributed by atoms with Gasteiger partial charge in [-0.1, -0.05) is 0 Å². The molecular formula is C23H34F4N4O2. The zero-order valence-corrected chi connectivity index (χ0v) is 19.7. The van der Waals surface area contributed by atoms with E-state index < -0.39 is 34.8 Å². The van der Waals surface area contributed by atoms with Crippen molar-refractivity contribution in [1.29, 1.82) is 0 Å². The first-order valence-corrected chi connectivity index (χ1v) is 10.4. The number of benzene rings is 2. The quantitative estimate of drug-likeness (QED) is 0.418. The topological polar surface area (TPSA) is 85.0 Å². The van der Waals surface area contributed by atoms with Crippen LogP contribution in [-0.4, -0.2) is 80.4 Å². The minimum Gasteiger partial charge on any atom is -0.508 e. The molecule has 2 unspecified atom stereocenters. The van der Waals surface area contributed by atoms with E-state index in [1.54, 1.807) is 7.05 Å². The molecule has 6 nitrogen and oxygen atoms in total. The summed E-state index contributed by atoms with van der Waals surface area (Å²) in [4.78, 5) is 3.76. The van der Waals surface area contributed by atoms with E-state index in [1.807, 2.05) is 38.0 Å². The van der Waals surface area contributed by atoms with Crippen LogP contribution in [-0.2, 0) is 12.8 Å². The van der Waals surface area contributed by atoms with Crippen molar-refractivity contribution in [3.63, 3.8) is 0 Å². The zero-order valence-electron chi connectivity index (χ0n) is 19.7. The van der Waals surface area contributed by atoms with Crippen LogP contribution in [0, 0.1) is 23.3 Å². The molecule has 10 heteroatoms. The molecule has 2 aromatic carbocycles. The maximum absolute atomic E-state index is 13.5. The smallest absolute Gasteiger partial charge is 0.165 e. The van der Waals surface area contributed by atoms with Crippen molar-refractivity contribution in [2.24, 2.45) is 5.73 Å². The molecule has 0 saturated carbocycles. The van der Waals surface area contributed by atoms with Gasteiger partial charge in [-0.25, -0.2) is 17.6 Å². The second-order valence-electron chi connectivity index (χ2n) is 8.22. The fourth-order valence-corrected chi connectivity index (χ4v) is 3.16. The molecule has 0 aliphatic carbocycles. The summed E-state index contributed by atoms with van der Waals surface area (Å²) < 4.78 is 53.5. The Hall–Kier alpha value is -2.40. The van der Waals surface area contributed by atoms with Crippen LogP contribution in [0.2, 0.25) is 0 Å². The summed E-state index contributed by atoms with van der Waals surface area (Å²) in [7, 11) is 9.16. The van der Waals surface area contributed by atoms with E-state index in [0.717, 1.165) is 24.3 Å². The molecule has 33 heavy (non-hydrogen) atoms. The number of nitrogens with one attached hydrogen (secondary N) is 1. The monoisotopic (exact) mass is 474 g/mol. The molecule has 0 aliphatic rings. The van der Waals surface area contributed by atoms with Crippen molar-refractivity contribution in [2.75, 3.05) is 48.3 Å². The lowest BCUT2D eigenvalue weighted by Gasteiger charge is -2.24. The number of hydrogen-bond donors (Lipinski definition) is 4. The van der Waals surface area contributed by atoms with Crippen LogP contribution in [0.1, 0.15) is 11.1 Å². The van der Waals surface area contributed by atoms with Crippen molar-refractivity contribution in [3.8, 4) is 11.5 Å². The minimum atomic E-state index is -0.814. The zero-order chi connectivity index (χ0) is 25.3. The highest BCUT2D eigenvalue weighted by Crippen LogP contribution is 2.22. The van der Waals surface area contributed by atoms with Crippen molar-refractivity contribution < 1.29 is 27.8 Å². The first-order valence-electron chi connectivity index (χ1n) is 10.4. The van der Waals surface area contributed by atoms with Crippen LogP contribution in [0.4, 0.5) is 17.6 Å². The number of phenolic OH excluding ortho intramolecular Hbond substituents is 2. The Morgan fingerprint density at radius 3 is 1.82 bits per heavy atom. The lowest BCUT2D eigenvalue weighted by atomic mass is 10.0. The molecule has 0 bridgehead atoms. The molecule has 0 aromatic heterocycles. The van der Waals surface area contributed by atoms with Crippen LogP contribution in [0.25, 0.3) is 0 Å². The van der Waals surface area contributed by atoms with Crippen molar-refractivity contribution in [1.82, 2.24) is 15.1 Å². The fourth-order valence-electron chi connectivity index (χ4n) is 3.16.